The standard InChI is InChI=1S/AsH3O4.Ir/c2-1(3,4)5;/h(H3,2,3,4,5);/q;+3/p-3. The molecule has 0 amide bonds. The van der Waals surface area contributed by atoms with E-state index in [9.17, 15) is 0 Å². The van der Waals surface area contributed by atoms with Gasteiger partial charge in [0.05, 0.1) is 0 Å². The summed E-state index contributed by atoms with van der Waals surface area (Å²) in [6.45, 7) is 0. The van der Waals surface area contributed by atoms with Gasteiger partial charge >= 0.3 is 50.6 Å². The fourth-order valence-corrected chi connectivity index (χ4v) is 0. The fraction of sp³-hybridized carbons (Fsp3) is 0. The SMILES string of the molecule is O=[As]([O-])([O-])[O-].[Ir+3]. The molecule has 0 bridgehead atoms. The minimum Gasteiger partial charge on any atom is 3.00 e. The Balaban J connectivity index is 0. The molecule has 0 unspecified atom stereocenters. The average molecular weight is 331 g/mol. The number of hydrogen-bond acceptors (Lipinski definition) is 4. The first kappa shape index (κ1) is 9.99. The third-order valence-corrected chi connectivity index (χ3v) is 0. The van der Waals surface area contributed by atoms with Crippen molar-refractivity contribution in [2.75, 3.05) is 0 Å². The van der Waals surface area contributed by atoms with Gasteiger partial charge in [0.2, 0.25) is 0 Å². The first-order valence-corrected chi connectivity index (χ1v) is 3.79. The van der Waals surface area contributed by atoms with Crippen LogP contribution in [0.25, 0.3) is 0 Å². The van der Waals surface area contributed by atoms with Crippen LogP contribution in [0.4, 0.5) is 0 Å². The molecule has 0 rings (SSSR count). The van der Waals surface area contributed by atoms with E-state index in [1.54, 1.807) is 0 Å². The smallest absolute Gasteiger partial charge is 3.00 e. The van der Waals surface area contributed by atoms with Gasteiger partial charge in [-0.15, -0.1) is 0 Å². The maximum absolute atomic E-state index is 8.61. The Morgan fingerprint density at radius 3 is 1.17 bits per heavy atom. The minimum absolute atomic E-state index is 0. The molecule has 0 heterocycles. The summed E-state index contributed by atoms with van der Waals surface area (Å²) < 4.78 is 34.4. The van der Waals surface area contributed by atoms with E-state index >= 15 is 0 Å². The molecule has 4 nitrogen and oxygen atoms in total. The zero-order valence-corrected chi connectivity index (χ0v) is 6.69. The molecule has 0 saturated carbocycles. The van der Waals surface area contributed by atoms with Crippen LogP contribution in [-0.4, -0.2) is 14.5 Å². The van der Waals surface area contributed by atoms with Crippen LogP contribution in [0.1, 0.15) is 0 Å². The molecule has 0 spiro atoms. The maximum atomic E-state index is 8.61. The van der Waals surface area contributed by atoms with Crippen molar-refractivity contribution in [2.45, 2.75) is 0 Å². The second-order valence-electron chi connectivity index (χ2n) is 0.447. The van der Waals surface area contributed by atoms with Crippen molar-refractivity contribution in [3.05, 3.63) is 0 Å². The van der Waals surface area contributed by atoms with E-state index in [0.29, 0.717) is 0 Å². The quantitative estimate of drug-likeness (QED) is 0.423. The molecule has 0 aromatic rings. The topological polar surface area (TPSA) is 86.2 Å². The van der Waals surface area contributed by atoms with Crippen molar-refractivity contribution in [1.82, 2.24) is 0 Å². The van der Waals surface area contributed by atoms with Gasteiger partial charge in [0.25, 0.3) is 0 Å². The monoisotopic (exact) mass is 332 g/mol. The predicted octanol–water partition coefficient (Wildman–Crippen LogP) is -4.07. The van der Waals surface area contributed by atoms with Gasteiger partial charge < -0.3 is 0 Å². The van der Waals surface area contributed by atoms with Crippen molar-refractivity contribution in [3.63, 3.8) is 0 Å². The average Bonchev–Trinajstić information content (AvgIpc) is 0.722. The zero-order chi connectivity index (χ0) is 4.50. The summed E-state index contributed by atoms with van der Waals surface area (Å²) in [6, 6.07) is 0. The van der Waals surface area contributed by atoms with Crippen LogP contribution in [-0.2, 0) is 23.8 Å². The van der Waals surface area contributed by atoms with Crippen LogP contribution in [0, 0.1) is 0 Å². The van der Waals surface area contributed by atoms with Gasteiger partial charge in [-0.3, -0.25) is 0 Å². The molecule has 0 aromatic carbocycles. The Morgan fingerprint density at radius 1 is 1.17 bits per heavy atom. The summed E-state index contributed by atoms with van der Waals surface area (Å²) in [5, 5.41) is 0. The molecule has 0 atom stereocenters. The Morgan fingerprint density at radius 2 is 1.17 bits per heavy atom. The van der Waals surface area contributed by atoms with Gasteiger partial charge in [-0.1, -0.05) is 0 Å². The van der Waals surface area contributed by atoms with Crippen molar-refractivity contribution in [3.8, 4) is 0 Å². The molecule has 38 valence electrons. The van der Waals surface area contributed by atoms with E-state index in [4.69, 9.17) is 16.0 Å². The van der Waals surface area contributed by atoms with E-state index in [2.05, 4.69) is 0 Å². The first-order valence-electron chi connectivity index (χ1n) is 0.730. The van der Waals surface area contributed by atoms with E-state index in [0.717, 1.165) is 0 Å². The van der Waals surface area contributed by atoms with Crippen LogP contribution >= 0.6 is 0 Å². The Kier molecular flexibility index (Phi) is 4.94. The molecular weight excluding hydrogens is 331 g/mol. The van der Waals surface area contributed by atoms with Crippen LogP contribution in [0.5, 0.6) is 0 Å². The molecule has 0 aliphatic carbocycles. The third kappa shape index (κ3) is 93.7. The van der Waals surface area contributed by atoms with Gasteiger partial charge in [-0.05, 0) is 0 Å². The molecule has 0 aliphatic heterocycles. The normalized spacial score (nSPS) is 9.83. The minimum atomic E-state index is -5.88. The van der Waals surface area contributed by atoms with Gasteiger partial charge in [-0.2, -0.15) is 0 Å². The molecule has 0 saturated heterocycles. The maximum Gasteiger partial charge on any atom is 3.00 e. The molecule has 0 radical (unpaired) electrons. The summed E-state index contributed by atoms with van der Waals surface area (Å²) >= 11 is -5.88. The summed E-state index contributed by atoms with van der Waals surface area (Å²) in [4.78, 5) is 0. The van der Waals surface area contributed by atoms with E-state index in [1.165, 1.54) is 0 Å². The molecule has 0 N–H and O–H groups in total. The molecule has 0 aliphatic rings. The Hall–Kier alpha value is 0.888. The van der Waals surface area contributed by atoms with Crippen molar-refractivity contribution < 1.29 is 36.1 Å². The number of rotatable bonds is 0. The van der Waals surface area contributed by atoms with Crippen LogP contribution in [0.15, 0.2) is 0 Å². The van der Waals surface area contributed by atoms with Gasteiger partial charge in [0.1, 0.15) is 0 Å². The molecular formula is AsIrO4. The zero-order valence-electron chi connectivity index (χ0n) is 2.41. The van der Waals surface area contributed by atoms with Crippen molar-refractivity contribution in [2.24, 2.45) is 0 Å². The second-order valence-corrected chi connectivity index (χ2v) is 2.32. The fourth-order valence-electron chi connectivity index (χ4n) is 0. The largest absolute Gasteiger partial charge is 3.00 e. The van der Waals surface area contributed by atoms with Crippen LogP contribution in [0.2, 0.25) is 0 Å². The predicted molar refractivity (Wildman–Crippen MR) is 6.44 cm³/mol. The van der Waals surface area contributed by atoms with Crippen molar-refractivity contribution in [1.29, 1.82) is 0 Å². The molecule has 0 fully saturated rings. The van der Waals surface area contributed by atoms with Crippen LogP contribution in [0.3, 0.4) is 0 Å². The summed E-state index contributed by atoms with van der Waals surface area (Å²) in [6.07, 6.45) is 0. The molecule has 6 heavy (non-hydrogen) atoms. The van der Waals surface area contributed by atoms with Crippen molar-refractivity contribution >= 4 is 14.5 Å². The molecule has 6 heteroatoms. The molecule has 0 aromatic heterocycles. The third-order valence-electron chi connectivity index (χ3n) is 0. The van der Waals surface area contributed by atoms with E-state index < -0.39 is 14.5 Å². The van der Waals surface area contributed by atoms with Gasteiger partial charge in [-0.25, -0.2) is 0 Å². The summed E-state index contributed by atoms with van der Waals surface area (Å²) in [5.41, 5.74) is 0. The second kappa shape index (κ2) is 2.96. The van der Waals surface area contributed by atoms with Crippen LogP contribution < -0.4 is 12.3 Å². The Bertz CT molecular complexity index is 53.7. The number of hydrogen-bond donors (Lipinski definition) is 0. The van der Waals surface area contributed by atoms with Gasteiger partial charge in [0, 0.05) is 0 Å². The summed E-state index contributed by atoms with van der Waals surface area (Å²) in [7, 11) is 0. The summed E-state index contributed by atoms with van der Waals surface area (Å²) in [5.74, 6) is 0. The van der Waals surface area contributed by atoms with E-state index in [-0.39, 0.29) is 20.1 Å². The van der Waals surface area contributed by atoms with E-state index in [1.807, 2.05) is 0 Å². The first-order chi connectivity index (χ1) is 2.00. The van der Waals surface area contributed by atoms with Gasteiger partial charge in [0.15, 0.2) is 0 Å². The Labute approximate surface area is 50.9 Å².